The minimum atomic E-state index is -0.767. The zero-order valence-electron chi connectivity index (χ0n) is 14.5. The van der Waals surface area contributed by atoms with E-state index in [4.69, 9.17) is 16.3 Å². The Kier molecular flexibility index (Phi) is 5.00. The van der Waals surface area contributed by atoms with E-state index in [1.807, 2.05) is 13.8 Å². The summed E-state index contributed by atoms with van der Waals surface area (Å²) in [6.45, 7) is 4.42. The van der Waals surface area contributed by atoms with E-state index in [-0.39, 0.29) is 5.57 Å². The van der Waals surface area contributed by atoms with Crippen molar-refractivity contribution in [2.24, 2.45) is 0 Å². The molecule has 134 valence electrons. The third-order valence-corrected chi connectivity index (χ3v) is 4.50. The number of amides is 2. The number of hydrogen-bond acceptors (Lipinski definition) is 4. The summed E-state index contributed by atoms with van der Waals surface area (Å²) in [5.41, 5.74) is 1.56. The summed E-state index contributed by atoms with van der Waals surface area (Å²) in [7, 11) is 0. The molecule has 1 N–H and O–H groups in total. The normalized spacial score (nSPS) is 14.3. The zero-order valence-corrected chi connectivity index (χ0v) is 15.2. The van der Waals surface area contributed by atoms with Crippen LogP contribution < -0.4 is 9.64 Å². The molecule has 6 heteroatoms. The van der Waals surface area contributed by atoms with Crippen LogP contribution in [0.2, 0.25) is 5.02 Å². The van der Waals surface area contributed by atoms with Crippen molar-refractivity contribution in [2.75, 3.05) is 11.5 Å². The van der Waals surface area contributed by atoms with Gasteiger partial charge < -0.3 is 9.84 Å². The van der Waals surface area contributed by atoms with Crippen LogP contribution >= 0.6 is 11.6 Å². The van der Waals surface area contributed by atoms with Crippen LogP contribution in [0.25, 0.3) is 5.57 Å². The van der Waals surface area contributed by atoms with Gasteiger partial charge in [0.2, 0.25) is 0 Å². The van der Waals surface area contributed by atoms with Gasteiger partial charge in [-0.3, -0.25) is 9.59 Å². The highest BCUT2D eigenvalue weighted by Gasteiger charge is 2.40. The van der Waals surface area contributed by atoms with Gasteiger partial charge >= 0.3 is 5.91 Å². The SMILES string of the molecule is CCCOc1ccc(C2=C(O)C(=O)N(c3ccc(C)c(Cl)c3)C2=O)cc1. The number of ether oxygens (including phenoxy) is 1. The molecule has 0 spiro atoms. The van der Waals surface area contributed by atoms with Crippen LogP contribution in [0.15, 0.2) is 48.2 Å². The molecule has 5 nitrogen and oxygen atoms in total. The Hall–Kier alpha value is -2.79. The number of carbonyl (C=O) groups excluding carboxylic acids is 2. The maximum atomic E-state index is 12.8. The molecule has 0 bridgehead atoms. The molecule has 26 heavy (non-hydrogen) atoms. The van der Waals surface area contributed by atoms with Crippen molar-refractivity contribution in [1.82, 2.24) is 0 Å². The van der Waals surface area contributed by atoms with Gasteiger partial charge in [0, 0.05) is 5.02 Å². The molecule has 2 aromatic carbocycles. The summed E-state index contributed by atoms with van der Waals surface area (Å²) in [4.78, 5) is 26.2. The number of aliphatic hydroxyl groups excluding tert-OH is 1. The minimum absolute atomic E-state index is 0.0336. The number of benzene rings is 2. The minimum Gasteiger partial charge on any atom is -0.502 e. The van der Waals surface area contributed by atoms with E-state index in [1.54, 1.807) is 36.4 Å². The lowest BCUT2D eigenvalue weighted by Crippen LogP contribution is -2.31. The topological polar surface area (TPSA) is 66.8 Å². The van der Waals surface area contributed by atoms with Gasteiger partial charge in [-0.05, 0) is 48.7 Å². The van der Waals surface area contributed by atoms with E-state index in [1.165, 1.54) is 6.07 Å². The summed E-state index contributed by atoms with van der Waals surface area (Å²) in [5, 5.41) is 10.7. The van der Waals surface area contributed by atoms with Gasteiger partial charge in [0.15, 0.2) is 5.76 Å². The largest absolute Gasteiger partial charge is 0.502 e. The number of imide groups is 1. The van der Waals surface area contributed by atoms with Crippen LogP contribution in [0, 0.1) is 6.92 Å². The Morgan fingerprint density at radius 3 is 2.38 bits per heavy atom. The van der Waals surface area contributed by atoms with Crippen LogP contribution in [0.1, 0.15) is 24.5 Å². The predicted octanol–water partition coefficient (Wildman–Crippen LogP) is 4.28. The lowest BCUT2D eigenvalue weighted by atomic mass is 10.1. The maximum absolute atomic E-state index is 12.8. The summed E-state index contributed by atoms with van der Waals surface area (Å²) >= 11 is 6.10. The Balaban J connectivity index is 1.92. The first kappa shape index (κ1) is 18.0. The molecule has 2 aromatic rings. The fourth-order valence-corrected chi connectivity index (χ4v) is 2.85. The van der Waals surface area contributed by atoms with E-state index in [2.05, 4.69) is 0 Å². The van der Waals surface area contributed by atoms with Crippen LogP contribution in [-0.4, -0.2) is 23.5 Å². The molecular formula is C20H18ClNO4. The second kappa shape index (κ2) is 7.22. The van der Waals surface area contributed by atoms with E-state index >= 15 is 0 Å². The maximum Gasteiger partial charge on any atom is 0.301 e. The molecule has 0 saturated carbocycles. The molecule has 3 rings (SSSR count). The highest BCUT2D eigenvalue weighted by Crippen LogP contribution is 2.34. The fraction of sp³-hybridized carbons (Fsp3) is 0.200. The van der Waals surface area contributed by atoms with E-state index in [9.17, 15) is 14.7 Å². The third-order valence-electron chi connectivity index (χ3n) is 4.09. The summed E-state index contributed by atoms with van der Waals surface area (Å²) < 4.78 is 5.51. The van der Waals surface area contributed by atoms with E-state index < -0.39 is 17.6 Å². The Morgan fingerprint density at radius 1 is 1.08 bits per heavy atom. The molecule has 0 radical (unpaired) electrons. The second-order valence-electron chi connectivity index (χ2n) is 5.98. The van der Waals surface area contributed by atoms with Crippen molar-refractivity contribution in [3.05, 3.63) is 64.4 Å². The number of anilines is 1. The highest BCUT2D eigenvalue weighted by atomic mass is 35.5. The Labute approximate surface area is 156 Å². The van der Waals surface area contributed by atoms with Crippen LogP contribution in [0.5, 0.6) is 5.75 Å². The van der Waals surface area contributed by atoms with Gasteiger partial charge in [0.25, 0.3) is 5.91 Å². The zero-order chi connectivity index (χ0) is 18.8. The van der Waals surface area contributed by atoms with Crippen molar-refractivity contribution >= 4 is 34.7 Å². The lowest BCUT2D eigenvalue weighted by Gasteiger charge is -2.15. The molecule has 1 aliphatic heterocycles. The highest BCUT2D eigenvalue weighted by molar-refractivity contribution is 6.45. The smallest absolute Gasteiger partial charge is 0.301 e. The van der Waals surface area contributed by atoms with Crippen molar-refractivity contribution < 1.29 is 19.4 Å². The molecule has 0 aromatic heterocycles. The van der Waals surface area contributed by atoms with Crippen LogP contribution in [-0.2, 0) is 9.59 Å². The third kappa shape index (κ3) is 3.18. The van der Waals surface area contributed by atoms with Crippen LogP contribution in [0.3, 0.4) is 0 Å². The summed E-state index contributed by atoms with van der Waals surface area (Å²) in [6.07, 6.45) is 0.884. The molecule has 1 aliphatic rings. The molecular weight excluding hydrogens is 354 g/mol. The average molecular weight is 372 g/mol. The number of hydrogen-bond donors (Lipinski definition) is 1. The quantitative estimate of drug-likeness (QED) is 0.796. The molecule has 0 atom stereocenters. The molecule has 0 fully saturated rings. The molecule has 1 heterocycles. The molecule has 2 amide bonds. The first-order chi connectivity index (χ1) is 12.4. The fourth-order valence-electron chi connectivity index (χ4n) is 2.67. The van der Waals surface area contributed by atoms with Gasteiger partial charge in [0.05, 0.1) is 17.9 Å². The van der Waals surface area contributed by atoms with Crippen molar-refractivity contribution in [1.29, 1.82) is 0 Å². The van der Waals surface area contributed by atoms with Crippen molar-refractivity contribution in [2.45, 2.75) is 20.3 Å². The summed E-state index contributed by atoms with van der Waals surface area (Å²) in [5.74, 6) is -1.27. The van der Waals surface area contributed by atoms with Crippen molar-refractivity contribution in [3.63, 3.8) is 0 Å². The lowest BCUT2D eigenvalue weighted by molar-refractivity contribution is -0.121. The molecule has 0 unspecified atom stereocenters. The van der Waals surface area contributed by atoms with Gasteiger partial charge in [-0.15, -0.1) is 0 Å². The van der Waals surface area contributed by atoms with Crippen LogP contribution in [0.4, 0.5) is 5.69 Å². The first-order valence-electron chi connectivity index (χ1n) is 8.25. The number of rotatable bonds is 5. The molecule has 0 aliphatic carbocycles. The predicted molar refractivity (Wildman–Crippen MR) is 100 cm³/mol. The van der Waals surface area contributed by atoms with Gasteiger partial charge in [-0.25, -0.2) is 4.90 Å². The number of nitrogens with zero attached hydrogens (tertiary/aromatic N) is 1. The van der Waals surface area contributed by atoms with Gasteiger partial charge in [-0.2, -0.15) is 0 Å². The average Bonchev–Trinajstić information content (AvgIpc) is 2.85. The van der Waals surface area contributed by atoms with Gasteiger partial charge in [0.1, 0.15) is 5.75 Å². The number of carbonyl (C=O) groups is 2. The second-order valence-corrected chi connectivity index (χ2v) is 6.38. The Bertz CT molecular complexity index is 903. The number of halogens is 1. The monoisotopic (exact) mass is 371 g/mol. The Morgan fingerprint density at radius 2 is 1.77 bits per heavy atom. The van der Waals surface area contributed by atoms with Crippen molar-refractivity contribution in [3.8, 4) is 5.75 Å². The van der Waals surface area contributed by atoms with E-state index in [0.717, 1.165) is 16.9 Å². The van der Waals surface area contributed by atoms with E-state index in [0.29, 0.717) is 28.6 Å². The first-order valence-corrected chi connectivity index (χ1v) is 8.63. The standard InChI is InChI=1S/C20H18ClNO4/c1-3-10-26-15-8-5-13(6-9-15)17-18(23)20(25)22(19(17)24)14-7-4-12(2)16(21)11-14/h4-9,11,23H,3,10H2,1-2H3. The molecule has 0 saturated heterocycles. The number of aryl methyl sites for hydroxylation is 1. The summed E-state index contributed by atoms with van der Waals surface area (Å²) in [6, 6.07) is 11.6. The number of aliphatic hydroxyl groups is 1. The van der Waals surface area contributed by atoms with Gasteiger partial charge in [-0.1, -0.05) is 36.7 Å².